The van der Waals surface area contributed by atoms with Crippen molar-refractivity contribution in [2.75, 3.05) is 5.32 Å². The zero-order valence-corrected chi connectivity index (χ0v) is 9.40. The van der Waals surface area contributed by atoms with Crippen molar-refractivity contribution in [3.63, 3.8) is 0 Å². The number of hydrogen-bond acceptors (Lipinski definition) is 3. The molecule has 1 heterocycles. The Morgan fingerprint density at radius 3 is 2.62 bits per heavy atom. The molecule has 2 rings (SSSR count). The van der Waals surface area contributed by atoms with Crippen LogP contribution in [0.15, 0.2) is 16.5 Å². The summed E-state index contributed by atoms with van der Waals surface area (Å²) in [5.41, 5.74) is 0. The largest absolute Gasteiger partial charge is 0.446 e. The number of aliphatic hydroxyl groups excluding tert-OH is 1. The normalized spacial score (nSPS) is 25.4. The van der Waals surface area contributed by atoms with Crippen molar-refractivity contribution in [3.8, 4) is 0 Å². The SMILES string of the molecule is Cc1ccc(NC(=O)C2CCC(O)CC2)o1. The van der Waals surface area contributed by atoms with E-state index in [-0.39, 0.29) is 17.9 Å². The second-order valence-corrected chi connectivity index (χ2v) is 4.40. The zero-order valence-electron chi connectivity index (χ0n) is 9.40. The minimum atomic E-state index is -0.227. The van der Waals surface area contributed by atoms with Gasteiger partial charge in [0.05, 0.1) is 6.10 Å². The molecule has 1 aromatic heterocycles. The quantitative estimate of drug-likeness (QED) is 0.806. The van der Waals surface area contributed by atoms with Gasteiger partial charge < -0.3 is 9.52 Å². The summed E-state index contributed by atoms with van der Waals surface area (Å²) in [4.78, 5) is 11.8. The molecule has 16 heavy (non-hydrogen) atoms. The van der Waals surface area contributed by atoms with Gasteiger partial charge in [-0.2, -0.15) is 0 Å². The van der Waals surface area contributed by atoms with Gasteiger partial charge in [-0.1, -0.05) is 0 Å². The number of aliphatic hydroxyl groups is 1. The first-order valence-electron chi connectivity index (χ1n) is 5.70. The van der Waals surface area contributed by atoms with Crippen LogP contribution < -0.4 is 5.32 Å². The summed E-state index contributed by atoms with van der Waals surface area (Å²) in [6.45, 7) is 1.84. The topological polar surface area (TPSA) is 62.5 Å². The van der Waals surface area contributed by atoms with E-state index in [4.69, 9.17) is 4.42 Å². The molecule has 4 nitrogen and oxygen atoms in total. The molecular formula is C12H17NO3. The molecule has 88 valence electrons. The fraction of sp³-hybridized carbons (Fsp3) is 0.583. The van der Waals surface area contributed by atoms with E-state index < -0.39 is 0 Å². The predicted octanol–water partition coefficient (Wildman–Crippen LogP) is 2.08. The third-order valence-electron chi connectivity index (χ3n) is 3.05. The number of aryl methyl sites for hydroxylation is 1. The fourth-order valence-corrected chi connectivity index (χ4v) is 2.06. The van der Waals surface area contributed by atoms with Crippen LogP contribution in [0.4, 0.5) is 5.88 Å². The van der Waals surface area contributed by atoms with Crippen LogP contribution >= 0.6 is 0 Å². The molecule has 1 aliphatic rings. The van der Waals surface area contributed by atoms with Crippen LogP contribution in [-0.2, 0) is 4.79 Å². The molecule has 0 radical (unpaired) electrons. The van der Waals surface area contributed by atoms with Crippen LogP contribution in [-0.4, -0.2) is 17.1 Å². The Balaban J connectivity index is 1.88. The zero-order chi connectivity index (χ0) is 11.5. The molecule has 2 N–H and O–H groups in total. The average molecular weight is 223 g/mol. The maximum Gasteiger partial charge on any atom is 0.229 e. The van der Waals surface area contributed by atoms with E-state index in [1.54, 1.807) is 6.07 Å². The van der Waals surface area contributed by atoms with Gasteiger partial charge in [0.1, 0.15) is 5.76 Å². The molecule has 1 fully saturated rings. The number of carbonyl (C=O) groups is 1. The van der Waals surface area contributed by atoms with E-state index in [1.807, 2.05) is 13.0 Å². The second kappa shape index (κ2) is 4.70. The van der Waals surface area contributed by atoms with Crippen molar-refractivity contribution in [2.24, 2.45) is 5.92 Å². The summed E-state index contributed by atoms with van der Waals surface area (Å²) < 4.78 is 5.28. The second-order valence-electron chi connectivity index (χ2n) is 4.40. The van der Waals surface area contributed by atoms with Crippen LogP contribution in [0.1, 0.15) is 31.4 Å². The van der Waals surface area contributed by atoms with Gasteiger partial charge >= 0.3 is 0 Å². The number of furan rings is 1. The van der Waals surface area contributed by atoms with E-state index in [9.17, 15) is 9.90 Å². The number of carbonyl (C=O) groups excluding carboxylic acids is 1. The standard InChI is InChI=1S/C12H17NO3/c1-8-2-7-11(16-8)13-12(15)9-3-5-10(14)6-4-9/h2,7,9-10,14H,3-6H2,1H3,(H,13,15). The molecule has 0 bridgehead atoms. The van der Waals surface area contributed by atoms with Gasteiger partial charge in [-0.05, 0) is 38.7 Å². The molecule has 0 aromatic carbocycles. The van der Waals surface area contributed by atoms with E-state index in [0.717, 1.165) is 31.4 Å². The lowest BCUT2D eigenvalue weighted by molar-refractivity contribution is -0.121. The summed E-state index contributed by atoms with van der Waals surface area (Å²) in [6.07, 6.45) is 2.72. The lowest BCUT2D eigenvalue weighted by Crippen LogP contribution is -2.28. The summed E-state index contributed by atoms with van der Waals surface area (Å²) in [7, 11) is 0. The molecule has 1 aromatic rings. The Morgan fingerprint density at radius 2 is 2.06 bits per heavy atom. The van der Waals surface area contributed by atoms with Gasteiger partial charge in [-0.3, -0.25) is 10.1 Å². The van der Waals surface area contributed by atoms with Crippen LogP contribution in [0.3, 0.4) is 0 Å². The van der Waals surface area contributed by atoms with Gasteiger partial charge in [0.25, 0.3) is 0 Å². The van der Waals surface area contributed by atoms with Gasteiger partial charge in [0, 0.05) is 12.0 Å². The van der Waals surface area contributed by atoms with Gasteiger partial charge in [0.15, 0.2) is 5.88 Å². The number of nitrogens with one attached hydrogen (secondary N) is 1. The predicted molar refractivity (Wildman–Crippen MR) is 60.0 cm³/mol. The van der Waals surface area contributed by atoms with Crippen LogP contribution in [0.2, 0.25) is 0 Å². The van der Waals surface area contributed by atoms with Crippen molar-refractivity contribution < 1.29 is 14.3 Å². The lowest BCUT2D eigenvalue weighted by atomic mass is 9.87. The van der Waals surface area contributed by atoms with Crippen LogP contribution in [0.5, 0.6) is 0 Å². The molecule has 0 spiro atoms. The lowest BCUT2D eigenvalue weighted by Gasteiger charge is -2.23. The number of anilines is 1. The van der Waals surface area contributed by atoms with Crippen molar-refractivity contribution in [1.82, 2.24) is 0 Å². The summed E-state index contributed by atoms with van der Waals surface area (Å²) >= 11 is 0. The van der Waals surface area contributed by atoms with E-state index in [0.29, 0.717) is 5.88 Å². The third-order valence-corrected chi connectivity index (χ3v) is 3.05. The maximum atomic E-state index is 11.8. The van der Waals surface area contributed by atoms with E-state index >= 15 is 0 Å². The Hall–Kier alpha value is -1.29. The highest BCUT2D eigenvalue weighted by Crippen LogP contribution is 2.25. The van der Waals surface area contributed by atoms with Gasteiger partial charge in [-0.15, -0.1) is 0 Å². The Bertz CT molecular complexity index is 364. The molecule has 0 atom stereocenters. The van der Waals surface area contributed by atoms with Gasteiger partial charge in [-0.25, -0.2) is 0 Å². The van der Waals surface area contributed by atoms with Crippen LogP contribution in [0, 0.1) is 12.8 Å². The highest BCUT2D eigenvalue weighted by atomic mass is 16.4. The molecule has 0 saturated heterocycles. The van der Waals surface area contributed by atoms with Crippen molar-refractivity contribution in [1.29, 1.82) is 0 Å². The molecule has 1 saturated carbocycles. The average Bonchev–Trinajstić information content (AvgIpc) is 2.65. The van der Waals surface area contributed by atoms with E-state index in [1.165, 1.54) is 0 Å². The first kappa shape index (κ1) is 11.2. The highest BCUT2D eigenvalue weighted by Gasteiger charge is 2.25. The highest BCUT2D eigenvalue weighted by molar-refractivity contribution is 5.91. The fourth-order valence-electron chi connectivity index (χ4n) is 2.06. The van der Waals surface area contributed by atoms with Crippen LogP contribution in [0.25, 0.3) is 0 Å². The molecular weight excluding hydrogens is 206 g/mol. The molecule has 1 aliphatic carbocycles. The van der Waals surface area contributed by atoms with E-state index in [2.05, 4.69) is 5.32 Å². The smallest absolute Gasteiger partial charge is 0.229 e. The number of hydrogen-bond donors (Lipinski definition) is 2. The minimum absolute atomic E-state index is 0.00116. The molecule has 1 amide bonds. The monoisotopic (exact) mass is 223 g/mol. The maximum absolute atomic E-state index is 11.8. The molecule has 4 heteroatoms. The first-order chi connectivity index (χ1) is 7.65. The minimum Gasteiger partial charge on any atom is -0.446 e. The Kier molecular flexibility index (Phi) is 3.29. The summed E-state index contributed by atoms with van der Waals surface area (Å²) in [5, 5.41) is 12.1. The number of rotatable bonds is 2. The Labute approximate surface area is 94.6 Å². The molecule has 0 aliphatic heterocycles. The molecule has 0 unspecified atom stereocenters. The van der Waals surface area contributed by atoms with Crippen molar-refractivity contribution >= 4 is 11.8 Å². The first-order valence-corrected chi connectivity index (χ1v) is 5.70. The van der Waals surface area contributed by atoms with Gasteiger partial charge in [0.2, 0.25) is 5.91 Å². The Morgan fingerprint density at radius 1 is 1.38 bits per heavy atom. The van der Waals surface area contributed by atoms with Crippen molar-refractivity contribution in [2.45, 2.75) is 38.7 Å². The summed E-state index contributed by atoms with van der Waals surface area (Å²) in [5.74, 6) is 1.30. The number of amides is 1. The van der Waals surface area contributed by atoms with Crippen molar-refractivity contribution in [3.05, 3.63) is 17.9 Å². The third kappa shape index (κ3) is 2.64. The summed E-state index contributed by atoms with van der Waals surface area (Å²) in [6, 6.07) is 3.57.